The van der Waals surface area contributed by atoms with E-state index in [1.54, 1.807) is 0 Å². The van der Waals surface area contributed by atoms with Gasteiger partial charge in [-0.2, -0.15) is 0 Å². The third-order valence-corrected chi connectivity index (χ3v) is 7.88. The van der Waals surface area contributed by atoms with Gasteiger partial charge in [0, 0.05) is 0 Å². The maximum Gasteiger partial charge on any atom is 0.118 e. The zero-order chi connectivity index (χ0) is 22.1. The van der Waals surface area contributed by atoms with Gasteiger partial charge in [-0.05, 0) is 107 Å². The van der Waals surface area contributed by atoms with Crippen molar-refractivity contribution in [3.63, 3.8) is 0 Å². The van der Waals surface area contributed by atoms with Crippen molar-refractivity contribution in [1.82, 2.24) is 0 Å². The second kappa shape index (κ2) is 12.0. The molecule has 0 N–H and O–H groups in total. The summed E-state index contributed by atoms with van der Waals surface area (Å²) < 4.78 is 6.46. The minimum atomic E-state index is 0.323. The lowest BCUT2D eigenvalue weighted by molar-refractivity contribution is 0.110. The molecule has 0 heterocycles. The molecule has 2 aliphatic carbocycles. The first-order valence-corrected chi connectivity index (χ1v) is 12.6. The third kappa shape index (κ3) is 6.89. The van der Waals surface area contributed by atoms with E-state index in [2.05, 4.69) is 78.8 Å². The molecule has 0 spiro atoms. The fourth-order valence-electron chi connectivity index (χ4n) is 5.55. The molecule has 0 aromatic rings. The fourth-order valence-corrected chi connectivity index (χ4v) is 5.55. The Kier molecular flexibility index (Phi) is 9.98. The number of allylic oxidation sites excluding steroid dienone is 7. The van der Waals surface area contributed by atoms with Crippen molar-refractivity contribution in [2.75, 3.05) is 0 Å². The molecule has 1 fully saturated rings. The molecule has 170 valence electrons. The largest absolute Gasteiger partial charge is 0.491 e. The van der Waals surface area contributed by atoms with Crippen molar-refractivity contribution in [2.24, 2.45) is 23.2 Å². The van der Waals surface area contributed by atoms with Crippen LogP contribution >= 0.6 is 0 Å². The quantitative estimate of drug-likeness (QED) is 0.243. The molecule has 1 nitrogen and oxygen atoms in total. The Labute approximate surface area is 187 Å². The fraction of sp³-hybridized carbons (Fsp3) is 0.724. The molecular weight excluding hydrogens is 364 g/mol. The molecule has 0 aromatic carbocycles. The van der Waals surface area contributed by atoms with Gasteiger partial charge in [0.1, 0.15) is 5.76 Å². The summed E-state index contributed by atoms with van der Waals surface area (Å²) in [5, 5.41) is 0. The number of hydrogen-bond donors (Lipinski definition) is 0. The van der Waals surface area contributed by atoms with Crippen molar-refractivity contribution in [2.45, 2.75) is 112 Å². The van der Waals surface area contributed by atoms with E-state index < -0.39 is 0 Å². The smallest absolute Gasteiger partial charge is 0.118 e. The molecule has 2 aliphatic rings. The summed E-state index contributed by atoms with van der Waals surface area (Å²) in [5.74, 6) is 3.13. The lowest BCUT2D eigenvalue weighted by Gasteiger charge is -2.42. The number of ether oxygens (including phenoxy) is 1. The Morgan fingerprint density at radius 3 is 2.37 bits per heavy atom. The Balaban J connectivity index is 2.11. The van der Waals surface area contributed by atoms with Crippen LogP contribution in [-0.4, -0.2) is 6.10 Å². The third-order valence-electron chi connectivity index (χ3n) is 7.88. The van der Waals surface area contributed by atoms with Gasteiger partial charge in [-0.1, -0.05) is 64.0 Å². The molecule has 0 saturated heterocycles. The molecule has 2 rings (SSSR count). The van der Waals surface area contributed by atoms with E-state index >= 15 is 0 Å². The van der Waals surface area contributed by atoms with Crippen molar-refractivity contribution in [3.8, 4) is 0 Å². The average molecular weight is 413 g/mol. The van der Waals surface area contributed by atoms with E-state index in [-0.39, 0.29) is 0 Å². The first-order valence-electron chi connectivity index (χ1n) is 12.6. The SMILES string of the molecule is CCC(/C(C)=C/C(OC1CCCC1)=C(C)C)C(C)(CCCC1C=CC=CC1)C(C)C. The average Bonchev–Trinajstić information content (AvgIpc) is 3.21. The van der Waals surface area contributed by atoms with Crippen LogP contribution in [0.25, 0.3) is 0 Å². The zero-order valence-electron chi connectivity index (χ0n) is 21.0. The van der Waals surface area contributed by atoms with Gasteiger partial charge in [0.05, 0.1) is 6.10 Å². The predicted molar refractivity (Wildman–Crippen MR) is 132 cm³/mol. The van der Waals surface area contributed by atoms with Crippen LogP contribution in [0.3, 0.4) is 0 Å². The van der Waals surface area contributed by atoms with Crippen LogP contribution in [-0.2, 0) is 4.74 Å². The second-order valence-corrected chi connectivity index (χ2v) is 10.6. The number of hydrogen-bond acceptors (Lipinski definition) is 1. The lowest BCUT2D eigenvalue weighted by Crippen LogP contribution is -2.33. The summed E-state index contributed by atoms with van der Waals surface area (Å²) in [6.45, 7) is 16.5. The standard InChI is InChI=1S/C29H48O/c1-8-27(24(6)21-28(22(2)3)30-26-18-12-13-19-26)29(7,23(4)5)20-14-17-25-15-10-9-11-16-25/h9-11,15,21,23,25-27H,8,12-14,16-20H2,1-7H3/b24-21+. The van der Waals surface area contributed by atoms with Gasteiger partial charge < -0.3 is 4.74 Å². The highest BCUT2D eigenvalue weighted by atomic mass is 16.5. The van der Waals surface area contributed by atoms with Crippen molar-refractivity contribution >= 4 is 0 Å². The molecule has 1 saturated carbocycles. The first-order chi connectivity index (χ1) is 14.3. The Hall–Kier alpha value is -1.24. The summed E-state index contributed by atoms with van der Waals surface area (Å²) >= 11 is 0. The van der Waals surface area contributed by atoms with Crippen LogP contribution in [0.4, 0.5) is 0 Å². The van der Waals surface area contributed by atoms with Gasteiger partial charge in [0.2, 0.25) is 0 Å². The molecule has 0 radical (unpaired) electrons. The summed E-state index contributed by atoms with van der Waals surface area (Å²) in [7, 11) is 0. The van der Waals surface area contributed by atoms with E-state index in [1.807, 2.05) is 0 Å². The van der Waals surface area contributed by atoms with E-state index in [0.29, 0.717) is 23.4 Å². The summed E-state index contributed by atoms with van der Waals surface area (Å²) in [4.78, 5) is 0. The second-order valence-electron chi connectivity index (χ2n) is 10.6. The molecule has 0 bridgehead atoms. The van der Waals surface area contributed by atoms with E-state index in [9.17, 15) is 0 Å². The monoisotopic (exact) mass is 412 g/mol. The van der Waals surface area contributed by atoms with Crippen LogP contribution < -0.4 is 0 Å². The van der Waals surface area contributed by atoms with Crippen LogP contribution in [0, 0.1) is 23.2 Å². The Morgan fingerprint density at radius 2 is 1.83 bits per heavy atom. The normalized spacial score (nSPS) is 22.9. The summed E-state index contributed by atoms with van der Waals surface area (Å²) in [6, 6.07) is 0. The molecule has 1 heteroatoms. The van der Waals surface area contributed by atoms with Crippen molar-refractivity contribution < 1.29 is 4.74 Å². The number of rotatable bonds is 11. The molecule has 0 amide bonds. The van der Waals surface area contributed by atoms with E-state index in [4.69, 9.17) is 4.74 Å². The highest BCUT2D eigenvalue weighted by Crippen LogP contribution is 2.46. The first kappa shape index (κ1) is 25.0. The Bertz CT molecular complexity index is 637. The predicted octanol–water partition coefficient (Wildman–Crippen LogP) is 9.18. The molecule has 0 aromatic heterocycles. The summed E-state index contributed by atoms with van der Waals surface area (Å²) in [5.41, 5.74) is 3.13. The van der Waals surface area contributed by atoms with Crippen molar-refractivity contribution in [1.29, 1.82) is 0 Å². The van der Waals surface area contributed by atoms with E-state index in [1.165, 1.54) is 68.9 Å². The minimum absolute atomic E-state index is 0.323. The van der Waals surface area contributed by atoms with Crippen LogP contribution in [0.1, 0.15) is 106 Å². The zero-order valence-corrected chi connectivity index (χ0v) is 21.0. The van der Waals surface area contributed by atoms with Crippen LogP contribution in [0.15, 0.2) is 47.3 Å². The summed E-state index contributed by atoms with van der Waals surface area (Å²) in [6.07, 6.45) is 23.4. The maximum atomic E-state index is 6.46. The van der Waals surface area contributed by atoms with Crippen molar-refractivity contribution in [3.05, 3.63) is 47.3 Å². The van der Waals surface area contributed by atoms with Crippen LogP contribution in [0.2, 0.25) is 0 Å². The molecular formula is C29H48O. The van der Waals surface area contributed by atoms with E-state index in [0.717, 1.165) is 11.7 Å². The highest BCUT2D eigenvalue weighted by molar-refractivity contribution is 5.24. The molecule has 3 unspecified atom stereocenters. The Morgan fingerprint density at radius 1 is 1.13 bits per heavy atom. The molecule has 0 aliphatic heterocycles. The minimum Gasteiger partial charge on any atom is -0.491 e. The van der Waals surface area contributed by atoms with Gasteiger partial charge >= 0.3 is 0 Å². The molecule has 3 atom stereocenters. The van der Waals surface area contributed by atoms with Gasteiger partial charge in [0.25, 0.3) is 0 Å². The van der Waals surface area contributed by atoms with Gasteiger partial charge in [-0.15, -0.1) is 0 Å². The van der Waals surface area contributed by atoms with Gasteiger partial charge in [-0.3, -0.25) is 0 Å². The van der Waals surface area contributed by atoms with Gasteiger partial charge in [-0.25, -0.2) is 0 Å². The maximum absolute atomic E-state index is 6.46. The van der Waals surface area contributed by atoms with Crippen LogP contribution in [0.5, 0.6) is 0 Å². The topological polar surface area (TPSA) is 9.23 Å². The highest BCUT2D eigenvalue weighted by Gasteiger charge is 2.36. The lowest BCUT2D eigenvalue weighted by atomic mass is 9.63. The van der Waals surface area contributed by atoms with Gasteiger partial charge in [0.15, 0.2) is 0 Å². The molecule has 30 heavy (non-hydrogen) atoms.